The van der Waals surface area contributed by atoms with E-state index in [0.717, 1.165) is 5.56 Å². The minimum Gasteiger partial charge on any atom is -0.480 e. The van der Waals surface area contributed by atoms with Gasteiger partial charge in [-0.05, 0) is 12.5 Å². The normalized spacial score (nSPS) is 18.5. The Labute approximate surface area is 105 Å². The Hall–Kier alpha value is -1.88. The van der Waals surface area contributed by atoms with Crippen molar-refractivity contribution < 1.29 is 19.4 Å². The number of aliphatic carboxylic acids is 1. The van der Waals surface area contributed by atoms with E-state index >= 15 is 0 Å². The molecule has 18 heavy (non-hydrogen) atoms. The third-order valence-electron chi connectivity index (χ3n) is 3.19. The molecule has 2 rings (SSSR count). The first-order valence-electron chi connectivity index (χ1n) is 5.73. The van der Waals surface area contributed by atoms with E-state index in [4.69, 9.17) is 9.84 Å². The lowest BCUT2D eigenvalue weighted by atomic mass is 9.84. The second-order valence-corrected chi connectivity index (χ2v) is 4.49. The van der Waals surface area contributed by atoms with Crippen molar-refractivity contribution in [2.75, 3.05) is 13.2 Å². The van der Waals surface area contributed by atoms with Crippen molar-refractivity contribution >= 4 is 11.9 Å². The van der Waals surface area contributed by atoms with Crippen molar-refractivity contribution in [3.05, 3.63) is 35.9 Å². The topological polar surface area (TPSA) is 75.6 Å². The molecule has 1 aromatic rings. The monoisotopic (exact) mass is 249 g/mol. The van der Waals surface area contributed by atoms with Crippen LogP contribution >= 0.6 is 0 Å². The molecular weight excluding hydrogens is 234 g/mol. The smallest absolute Gasteiger partial charge is 0.324 e. The zero-order chi connectivity index (χ0) is 13.2. The second-order valence-electron chi connectivity index (χ2n) is 4.49. The quantitative estimate of drug-likeness (QED) is 0.779. The van der Waals surface area contributed by atoms with Crippen LogP contribution in [0, 0.1) is 5.41 Å². The minimum absolute atomic E-state index is 0.0598. The summed E-state index contributed by atoms with van der Waals surface area (Å²) >= 11 is 0. The summed E-state index contributed by atoms with van der Waals surface area (Å²) in [5.41, 5.74) is -0.477. The zero-order valence-corrected chi connectivity index (χ0v) is 10.1. The molecule has 1 fully saturated rings. The lowest BCUT2D eigenvalue weighted by Gasteiger charge is -2.36. The minimum atomic E-state index is -1.41. The molecule has 1 atom stereocenters. The fourth-order valence-electron chi connectivity index (χ4n) is 1.82. The van der Waals surface area contributed by atoms with Crippen LogP contribution in [0.5, 0.6) is 0 Å². The van der Waals surface area contributed by atoms with Crippen molar-refractivity contribution in [1.29, 1.82) is 0 Å². The van der Waals surface area contributed by atoms with Crippen molar-refractivity contribution in [2.24, 2.45) is 5.41 Å². The van der Waals surface area contributed by atoms with Crippen molar-refractivity contribution in [2.45, 2.75) is 13.0 Å². The van der Waals surface area contributed by atoms with Gasteiger partial charge >= 0.3 is 5.97 Å². The summed E-state index contributed by atoms with van der Waals surface area (Å²) in [5, 5.41) is 11.8. The average molecular weight is 249 g/mol. The number of nitrogens with one attached hydrogen (secondary N) is 1. The van der Waals surface area contributed by atoms with Crippen LogP contribution in [0.2, 0.25) is 0 Å². The molecule has 5 heteroatoms. The van der Waals surface area contributed by atoms with E-state index in [1.54, 1.807) is 0 Å². The van der Waals surface area contributed by atoms with Crippen LogP contribution in [0.1, 0.15) is 18.5 Å². The average Bonchev–Trinajstić information content (AvgIpc) is 2.28. The Balaban J connectivity index is 2.06. The van der Waals surface area contributed by atoms with Gasteiger partial charge in [0.1, 0.15) is 0 Å². The summed E-state index contributed by atoms with van der Waals surface area (Å²) in [5.74, 6) is -1.62. The standard InChI is InChI=1S/C13H15NO4/c1-9(10-5-3-2-4-6-10)14-11(15)13(12(16)17)7-18-8-13/h2-6,9H,7-8H2,1H3,(H,14,15)(H,16,17). The van der Waals surface area contributed by atoms with Gasteiger partial charge in [0, 0.05) is 0 Å². The molecule has 5 nitrogen and oxygen atoms in total. The molecule has 1 aliphatic heterocycles. The Bertz CT molecular complexity index is 453. The zero-order valence-electron chi connectivity index (χ0n) is 10.1. The Morgan fingerprint density at radius 3 is 2.39 bits per heavy atom. The number of amides is 1. The first-order chi connectivity index (χ1) is 8.56. The van der Waals surface area contributed by atoms with E-state index in [-0.39, 0.29) is 19.3 Å². The molecule has 1 unspecified atom stereocenters. The third-order valence-corrected chi connectivity index (χ3v) is 3.19. The van der Waals surface area contributed by atoms with Gasteiger partial charge in [-0.15, -0.1) is 0 Å². The van der Waals surface area contributed by atoms with E-state index in [1.165, 1.54) is 0 Å². The largest absolute Gasteiger partial charge is 0.480 e. The predicted octanol–water partition coefficient (Wildman–Crippen LogP) is 0.965. The maximum absolute atomic E-state index is 12.0. The molecule has 0 spiro atoms. The van der Waals surface area contributed by atoms with Crippen LogP contribution in [-0.4, -0.2) is 30.2 Å². The maximum atomic E-state index is 12.0. The number of benzene rings is 1. The van der Waals surface area contributed by atoms with E-state index in [9.17, 15) is 9.59 Å². The summed E-state index contributed by atoms with van der Waals surface area (Å²) in [6, 6.07) is 9.17. The first-order valence-corrected chi connectivity index (χ1v) is 5.73. The van der Waals surface area contributed by atoms with E-state index in [1.807, 2.05) is 37.3 Å². The number of carboxylic acid groups (broad SMARTS) is 1. The molecule has 0 aromatic heterocycles. The van der Waals surface area contributed by atoms with E-state index in [2.05, 4.69) is 5.32 Å². The van der Waals surface area contributed by atoms with Crippen LogP contribution in [0.3, 0.4) is 0 Å². The number of carboxylic acids is 1. The number of rotatable bonds is 4. The van der Waals surface area contributed by atoms with Gasteiger partial charge < -0.3 is 15.2 Å². The SMILES string of the molecule is CC(NC(=O)C1(C(=O)O)COC1)c1ccccc1. The predicted molar refractivity (Wildman–Crippen MR) is 63.9 cm³/mol. The highest BCUT2D eigenvalue weighted by molar-refractivity contribution is 6.03. The van der Waals surface area contributed by atoms with Gasteiger partial charge in [0.25, 0.3) is 0 Å². The molecule has 0 bridgehead atoms. The van der Waals surface area contributed by atoms with Gasteiger partial charge in [0.05, 0.1) is 19.3 Å². The molecule has 96 valence electrons. The summed E-state index contributed by atoms with van der Waals surface area (Å²) in [6.07, 6.45) is 0. The lowest BCUT2D eigenvalue weighted by molar-refractivity contribution is -0.185. The van der Waals surface area contributed by atoms with Crippen LogP contribution in [-0.2, 0) is 14.3 Å². The van der Waals surface area contributed by atoms with Crippen LogP contribution < -0.4 is 5.32 Å². The molecule has 1 aliphatic rings. The van der Waals surface area contributed by atoms with Gasteiger partial charge in [-0.25, -0.2) is 0 Å². The number of carbonyl (C=O) groups excluding carboxylic acids is 1. The Morgan fingerprint density at radius 1 is 1.33 bits per heavy atom. The first kappa shape index (κ1) is 12.6. The summed E-state index contributed by atoms with van der Waals surface area (Å²) < 4.78 is 4.87. The van der Waals surface area contributed by atoms with Crippen LogP contribution in [0.15, 0.2) is 30.3 Å². The van der Waals surface area contributed by atoms with Gasteiger partial charge in [0.2, 0.25) is 5.91 Å². The number of ether oxygens (including phenoxy) is 1. The summed E-state index contributed by atoms with van der Waals surface area (Å²) in [6.45, 7) is 1.70. The number of hydrogen-bond donors (Lipinski definition) is 2. The highest BCUT2D eigenvalue weighted by Crippen LogP contribution is 2.29. The third kappa shape index (κ3) is 2.09. The molecule has 1 heterocycles. The van der Waals surface area contributed by atoms with Gasteiger partial charge in [-0.3, -0.25) is 9.59 Å². The highest BCUT2D eigenvalue weighted by atomic mass is 16.5. The molecule has 1 amide bonds. The fourth-order valence-corrected chi connectivity index (χ4v) is 1.82. The van der Waals surface area contributed by atoms with Crippen molar-refractivity contribution in [1.82, 2.24) is 5.32 Å². The van der Waals surface area contributed by atoms with Gasteiger partial charge in [-0.1, -0.05) is 30.3 Å². The highest BCUT2D eigenvalue weighted by Gasteiger charge is 2.53. The van der Waals surface area contributed by atoms with Crippen molar-refractivity contribution in [3.63, 3.8) is 0 Å². The molecule has 2 N–H and O–H groups in total. The molecular formula is C13H15NO4. The van der Waals surface area contributed by atoms with Crippen LogP contribution in [0.25, 0.3) is 0 Å². The number of carbonyl (C=O) groups is 2. The number of hydrogen-bond acceptors (Lipinski definition) is 3. The lowest BCUT2D eigenvalue weighted by Crippen LogP contribution is -2.59. The molecule has 0 radical (unpaired) electrons. The van der Waals surface area contributed by atoms with Gasteiger partial charge in [-0.2, -0.15) is 0 Å². The maximum Gasteiger partial charge on any atom is 0.324 e. The van der Waals surface area contributed by atoms with E-state index in [0.29, 0.717) is 0 Å². The van der Waals surface area contributed by atoms with E-state index < -0.39 is 17.3 Å². The van der Waals surface area contributed by atoms with Gasteiger partial charge in [0.15, 0.2) is 5.41 Å². The molecule has 1 saturated heterocycles. The fraction of sp³-hybridized carbons (Fsp3) is 0.385. The summed E-state index contributed by atoms with van der Waals surface area (Å²) in [4.78, 5) is 23.1. The summed E-state index contributed by atoms with van der Waals surface area (Å²) in [7, 11) is 0. The Morgan fingerprint density at radius 2 is 1.94 bits per heavy atom. The molecule has 0 saturated carbocycles. The second kappa shape index (κ2) is 4.78. The molecule has 1 aromatic carbocycles. The molecule has 0 aliphatic carbocycles. The van der Waals surface area contributed by atoms with Crippen molar-refractivity contribution in [3.8, 4) is 0 Å². The Kier molecular flexibility index (Phi) is 3.34. The van der Waals surface area contributed by atoms with Crippen LogP contribution in [0.4, 0.5) is 0 Å².